The van der Waals surface area contributed by atoms with E-state index in [9.17, 15) is 0 Å². The van der Waals surface area contributed by atoms with Gasteiger partial charge < -0.3 is 10.9 Å². The fourth-order valence-corrected chi connectivity index (χ4v) is 2.08. The van der Waals surface area contributed by atoms with Crippen LogP contribution in [0.15, 0.2) is 35.9 Å². The minimum atomic E-state index is -0.0601. The molecule has 3 aromatic rings. The van der Waals surface area contributed by atoms with E-state index in [1.165, 1.54) is 5.56 Å². The Kier molecular flexibility index (Phi) is 3.02. The van der Waals surface area contributed by atoms with E-state index < -0.39 is 0 Å². The lowest BCUT2D eigenvalue weighted by atomic mass is 10.1. The van der Waals surface area contributed by atoms with Crippen molar-refractivity contribution >= 4 is 16.9 Å². The molecule has 21 heavy (non-hydrogen) atoms. The monoisotopic (exact) mass is 282 g/mol. The molecule has 1 aromatic carbocycles. The van der Waals surface area contributed by atoms with Crippen LogP contribution in [-0.2, 0) is 0 Å². The van der Waals surface area contributed by atoms with Gasteiger partial charge in [-0.3, -0.25) is 4.57 Å². The zero-order chi connectivity index (χ0) is 15.0. The molecule has 0 radical (unpaired) electrons. The summed E-state index contributed by atoms with van der Waals surface area (Å²) < 4.78 is 1.77. The molecule has 0 amide bonds. The summed E-state index contributed by atoms with van der Waals surface area (Å²) in [5.41, 5.74) is 10.0. The third-order valence-corrected chi connectivity index (χ3v) is 3.39. The Bertz CT molecular complexity index is 852. The molecule has 0 atom stereocenters. The summed E-state index contributed by atoms with van der Waals surface area (Å²) in [6.07, 6.45) is 3.22. The molecule has 0 bridgehead atoms. The van der Waals surface area contributed by atoms with Gasteiger partial charge in [-0.25, -0.2) is 15.0 Å². The van der Waals surface area contributed by atoms with Gasteiger partial charge in [0.2, 0.25) is 5.95 Å². The Morgan fingerprint density at radius 1 is 1.24 bits per heavy atom. The number of aromatic nitrogens is 4. The van der Waals surface area contributed by atoms with Crippen molar-refractivity contribution in [3.63, 3.8) is 0 Å². The second-order valence-electron chi connectivity index (χ2n) is 4.77. The van der Waals surface area contributed by atoms with Crippen LogP contribution in [0.5, 0.6) is 0 Å². The lowest BCUT2D eigenvalue weighted by molar-refractivity contribution is 0.318. The van der Waals surface area contributed by atoms with Crippen LogP contribution in [0.2, 0.25) is 0 Å². The standard InChI is InChI=1S/C14H14N6O/c1-8-5-11-12(6-9(8)2)20(7-17-11)14-16-4-3-10(18-14)13(15)19-21/h3-7,21H,1-2H3,(H2,15,19). The molecule has 106 valence electrons. The van der Waals surface area contributed by atoms with E-state index in [0.29, 0.717) is 11.6 Å². The summed E-state index contributed by atoms with van der Waals surface area (Å²) in [6, 6.07) is 5.64. The topological polar surface area (TPSA) is 102 Å². The van der Waals surface area contributed by atoms with Gasteiger partial charge in [0.25, 0.3) is 0 Å². The molecule has 7 nitrogen and oxygen atoms in total. The minimum Gasteiger partial charge on any atom is -0.409 e. The van der Waals surface area contributed by atoms with Crippen LogP contribution in [0.3, 0.4) is 0 Å². The second kappa shape index (κ2) is 4.86. The predicted octanol–water partition coefficient (Wildman–Crippen LogP) is 1.53. The van der Waals surface area contributed by atoms with E-state index in [2.05, 4.69) is 20.1 Å². The number of hydrogen-bond donors (Lipinski definition) is 2. The molecule has 0 saturated carbocycles. The molecule has 0 aliphatic heterocycles. The first-order valence-corrected chi connectivity index (χ1v) is 6.36. The Hall–Kier alpha value is -2.96. The number of nitrogens with two attached hydrogens (primary N) is 1. The molecule has 3 N–H and O–H groups in total. The van der Waals surface area contributed by atoms with Crippen molar-refractivity contribution < 1.29 is 5.21 Å². The van der Waals surface area contributed by atoms with Gasteiger partial charge in [-0.15, -0.1) is 0 Å². The Balaban J connectivity index is 2.19. The molecule has 0 aliphatic carbocycles. The summed E-state index contributed by atoms with van der Waals surface area (Å²) in [7, 11) is 0. The minimum absolute atomic E-state index is 0.0601. The molecular weight excluding hydrogens is 268 g/mol. The van der Waals surface area contributed by atoms with E-state index in [1.54, 1.807) is 23.2 Å². The maximum atomic E-state index is 8.73. The van der Waals surface area contributed by atoms with Gasteiger partial charge in [-0.1, -0.05) is 5.16 Å². The zero-order valence-corrected chi connectivity index (χ0v) is 11.6. The first-order chi connectivity index (χ1) is 10.1. The molecule has 0 spiro atoms. The first-order valence-electron chi connectivity index (χ1n) is 6.36. The number of rotatable bonds is 2. The van der Waals surface area contributed by atoms with Crippen molar-refractivity contribution in [2.24, 2.45) is 10.9 Å². The lowest BCUT2D eigenvalue weighted by Gasteiger charge is -2.05. The van der Waals surface area contributed by atoms with Gasteiger partial charge in [-0.05, 0) is 43.2 Å². The summed E-state index contributed by atoms with van der Waals surface area (Å²) in [6.45, 7) is 4.09. The van der Waals surface area contributed by atoms with Gasteiger partial charge in [0.05, 0.1) is 11.0 Å². The summed E-state index contributed by atoms with van der Waals surface area (Å²) >= 11 is 0. The van der Waals surface area contributed by atoms with E-state index >= 15 is 0 Å². The zero-order valence-electron chi connectivity index (χ0n) is 11.6. The van der Waals surface area contributed by atoms with Crippen LogP contribution in [0.4, 0.5) is 0 Å². The quantitative estimate of drug-likeness (QED) is 0.321. The first kappa shape index (κ1) is 13.0. The average Bonchev–Trinajstić information content (AvgIpc) is 2.90. The Labute approximate surface area is 120 Å². The molecule has 0 unspecified atom stereocenters. The molecule has 3 rings (SSSR count). The second-order valence-corrected chi connectivity index (χ2v) is 4.77. The molecule has 2 heterocycles. The number of imidazole rings is 1. The van der Waals surface area contributed by atoms with Crippen molar-refractivity contribution in [1.29, 1.82) is 0 Å². The van der Waals surface area contributed by atoms with Crippen LogP contribution in [-0.4, -0.2) is 30.6 Å². The highest BCUT2D eigenvalue weighted by molar-refractivity contribution is 5.95. The Morgan fingerprint density at radius 2 is 2.00 bits per heavy atom. The van der Waals surface area contributed by atoms with Gasteiger partial charge in [0.15, 0.2) is 5.84 Å². The molecule has 2 aromatic heterocycles. The highest BCUT2D eigenvalue weighted by Crippen LogP contribution is 2.20. The molecule has 0 aliphatic rings. The molecule has 0 saturated heterocycles. The number of hydrogen-bond acceptors (Lipinski definition) is 5. The number of benzene rings is 1. The Morgan fingerprint density at radius 3 is 2.76 bits per heavy atom. The van der Waals surface area contributed by atoms with Gasteiger partial charge >= 0.3 is 0 Å². The maximum absolute atomic E-state index is 8.73. The third kappa shape index (κ3) is 2.18. The number of amidine groups is 1. The van der Waals surface area contributed by atoms with Crippen LogP contribution >= 0.6 is 0 Å². The molecule has 0 fully saturated rings. The molecular formula is C14H14N6O. The number of aryl methyl sites for hydroxylation is 2. The smallest absolute Gasteiger partial charge is 0.236 e. The lowest BCUT2D eigenvalue weighted by Crippen LogP contribution is -2.16. The fraction of sp³-hybridized carbons (Fsp3) is 0.143. The van der Waals surface area contributed by atoms with Gasteiger partial charge in [0, 0.05) is 6.20 Å². The fourth-order valence-electron chi connectivity index (χ4n) is 2.08. The summed E-state index contributed by atoms with van der Waals surface area (Å²) in [5, 5.41) is 11.7. The highest BCUT2D eigenvalue weighted by Gasteiger charge is 2.10. The predicted molar refractivity (Wildman–Crippen MR) is 78.6 cm³/mol. The normalized spacial score (nSPS) is 12.0. The molecule has 7 heteroatoms. The SMILES string of the molecule is Cc1cc2ncn(-c3nccc(/C(N)=N/O)n3)c2cc1C. The summed E-state index contributed by atoms with van der Waals surface area (Å²) in [4.78, 5) is 12.9. The van der Waals surface area contributed by atoms with Crippen LogP contribution in [0.25, 0.3) is 17.0 Å². The van der Waals surface area contributed by atoms with Gasteiger partial charge in [-0.2, -0.15) is 0 Å². The van der Waals surface area contributed by atoms with Crippen LogP contribution in [0.1, 0.15) is 16.8 Å². The maximum Gasteiger partial charge on any atom is 0.236 e. The number of oxime groups is 1. The van der Waals surface area contributed by atoms with Crippen molar-refractivity contribution in [1.82, 2.24) is 19.5 Å². The van der Waals surface area contributed by atoms with Crippen molar-refractivity contribution in [3.8, 4) is 5.95 Å². The number of fused-ring (bicyclic) bond motifs is 1. The van der Waals surface area contributed by atoms with E-state index in [1.807, 2.05) is 26.0 Å². The van der Waals surface area contributed by atoms with Crippen LogP contribution in [0, 0.1) is 13.8 Å². The van der Waals surface area contributed by atoms with Crippen LogP contribution < -0.4 is 5.73 Å². The highest BCUT2D eigenvalue weighted by atomic mass is 16.4. The van der Waals surface area contributed by atoms with Crippen molar-refractivity contribution in [3.05, 3.63) is 47.5 Å². The van der Waals surface area contributed by atoms with Crippen molar-refractivity contribution in [2.75, 3.05) is 0 Å². The third-order valence-electron chi connectivity index (χ3n) is 3.39. The average molecular weight is 282 g/mol. The largest absolute Gasteiger partial charge is 0.409 e. The number of nitrogens with zero attached hydrogens (tertiary/aromatic N) is 5. The summed E-state index contributed by atoms with van der Waals surface area (Å²) in [5.74, 6) is 0.361. The van der Waals surface area contributed by atoms with E-state index in [0.717, 1.165) is 16.6 Å². The van der Waals surface area contributed by atoms with E-state index in [-0.39, 0.29) is 5.84 Å². The van der Waals surface area contributed by atoms with E-state index in [4.69, 9.17) is 10.9 Å². The van der Waals surface area contributed by atoms with Gasteiger partial charge in [0.1, 0.15) is 12.0 Å². The van der Waals surface area contributed by atoms with Crippen molar-refractivity contribution in [2.45, 2.75) is 13.8 Å².